The van der Waals surface area contributed by atoms with E-state index in [-0.39, 0.29) is 0 Å². The predicted molar refractivity (Wildman–Crippen MR) is 82.6 cm³/mol. The van der Waals surface area contributed by atoms with E-state index in [0.29, 0.717) is 12.1 Å². The molecule has 0 radical (unpaired) electrons. The highest BCUT2D eigenvalue weighted by Crippen LogP contribution is 2.26. The van der Waals surface area contributed by atoms with Crippen LogP contribution in [0.2, 0.25) is 0 Å². The van der Waals surface area contributed by atoms with Gasteiger partial charge in [-0.2, -0.15) is 0 Å². The second-order valence-electron chi connectivity index (χ2n) is 6.79. The highest BCUT2D eigenvalue weighted by molar-refractivity contribution is 4.86. The summed E-state index contributed by atoms with van der Waals surface area (Å²) < 4.78 is 0. The first kappa shape index (κ1) is 15.3. The molecular formula is C16H33N3. The lowest BCUT2D eigenvalue weighted by Gasteiger charge is -2.27. The van der Waals surface area contributed by atoms with E-state index in [1.54, 1.807) is 0 Å². The summed E-state index contributed by atoms with van der Waals surface area (Å²) in [4.78, 5) is 2.55. The Hall–Kier alpha value is -0.120. The number of rotatable bonds is 7. The summed E-state index contributed by atoms with van der Waals surface area (Å²) in [5.41, 5.74) is 0. The van der Waals surface area contributed by atoms with E-state index in [9.17, 15) is 0 Å². The summed E-state index contributed by atoms with van der Waals surface area (Å²) >= 11 is 0. The van der Waals surface area contributed by atoms with Gasteiger partial charge in [-0.1, -0.05) is 12.8 Å². The molecule has 2 fully saturated rings. The van der Waals surface area contributed by atoms with Gasteiger partial charge in [0.2, 0.25) is 0 Å². The Bertz CT molecular complexity index is 244. The van der Waals surface area contributed by atoms with Gasteiger partial charge in [-0.3, -0.25) is 4.90 Å². The molecule has 1 saturated heterocycles. The van der Waals surface area contributed by atoms with Gasteiger partial charge in [-0.15, -0.1) is 0 Å². The molecule has 0 bridgehead atoms. The van der Waals surface area contributed by atoms with Gasteiger partial charge in [0.25, 0.3) is 0 Å². The Labute approximate surface area is 119 Å². The molecule has 0 aromatic carbocycles. The second-order valence-corrected chi connectivity index (χ2v) is 6.79. The van der Waals surface area contributed by atoms with Crippen LogP contribution in [0.15, 0.2) is 0 Å². The van der Waals surface area contributed by atoms with Crippen LogP contribution in [0.25, 0.3) is 0 Å². The van der Waals surface area contributed by atoms with E-state index >= 15 is 0 Å². The van der Waals surface area contributed by atoms with E-state index in [1.165, 1.54) is 51.5 Å². The smallest absolute Gasteiger partial charge is 0.0192 e. The van der Waals surface area contributed by atoms with E-state index in [4.69, 9.17) is 0 Å². The topological polar surface area (TPSA) is 27.3 Å². The van der Waals surface area contributed by atoms with Crippen LogP contribution in [0, 0.1) is 0 Å². The minimum atomic E-state index is 0.630. The van der Waals surface area contributed by atoms with Crippen molar-refractivity contribution >= 4 is 0 Å². The van der Waals surface area contributed by atoms with Crippen LogP contribution in [0.1, 0.15) is 58.8 Å². The summed E-state index contributed by atoms with van der Waals surface area (Å²) in [6, 6.07) is 2.90. The molecule has 2 rings (SSSR count). The van der Waals surface area contributed by atoms with Crippen molar-refractivity contribution in [2.75, 3.05) is 20.1 Å². The Morgan fingerprint density at radius 3 is 2.68 bits per heavy atom. The average Bonchev–Trinajstić information content (AvgIpc) is 3.22. The number of hydrogen-bond acceptors (Lipinski definition) is 3. The summed E-state index contributed by atoms with van der Waals surface area (Å²) in [6.07, 6.45) is 9.63. The lowest BCUT2D eigenvalue weighted by Crippen LogP contribution is -2.44. The van der Waals surface area contributed by atoms with Crippen molar-refractivity contribution < 1.29 is 0 Å². The molecule has 0 aromatic heterocycles. The molecule has 3 heteroatoms. The molecule has 0 aromatic rings. The Balaban J connectivity index is 1.61. The van der Waals surface area contributed by atoms with Gasteiger partial charge < -0.3 is 10.6 Å². The third-order valence-corrected chi connectivity index (χ3v) is 4.88. The molecule has 19 heavy (non-hydrogen) atoms. The molecule has 3 atom stereocenters. The molecule has 3 nitrogen and oxygen atoms in total. The molecular weight excluding hydrogens is 234 g/mol. The van der Waals surface area contributed by atoms with Crippen LogP contribution < -0.4 is 10.6 Å². The maximum Gasteiger partial charge on any atom is 0.0192 e. The molecule has 1 saturated carbocycles. The van der Waals surface area contributed by atoms with Crippen molar-refractivity contribution in [2.45, 2.75) is 83.0 Å². The minimum absolute atomic E-state index is 0.630. The second kappa shape index (κ2) is 7.61. The first-order valence-electron chi connectivity index (χ1n) is 8.35. The molecule has 1 heterocycles. The molecule has 0 spiro atoms. The van der Waals surface area contributed by atoms with Gasteiger partial charge in [0, 0.05) is 30.7 Å². The fraction of sp³-hybridized carbons (Fsp3) is 1.00. The van der Waals surface area contributed by atoms with E-state index in [2.05, 4.69) is 36.4 Å². The zero-order valence-electron chi connectivity index (χ0n) is 13.1. The number of hydrogen-bond donors (Lipinski definition) is 2. The van der Waals surface area contributed by atoms with Crippen LogP contribution >= 0.6 is 0 Å². The highest BCUT2D eigenvalue weighted by atomic mass is 15.2. The lowest BCUT2D eigenvalue weighted by atomic mass is 10.0. The van der Waals surface area contributed by atoms with Crippen LogP contribution in [0.5, 0.6) is 0 Å². The van der Waals surface area contributed by atoms with Crippen molar-refractivity contribution in [3.05, 3.63) is 0 Å². The number of nitrogens with zero attached hydrogens (tertiary/aromatic N) is 1. The monoisotopic (exact) mass is 267 g/mol. The highest BCUT2D eigenvalue weighted by Gasteiger charge is 2.29. The summed E-state index contributed by atoms with van der Waals surface area (Å²) in [6.45, 7) is 7.04. The van der Waals surface area contributed by atoms with Crippen LogP contribution in [-0.4, -0.2) is 49.2 Å². The van der Waals surface area contributed by atoms with Gasteiger partial charge in [0.05, 0.1) is 0 Å². The zero-order valence-corrected chi connectivity index (χ0v) is 13.1. The summed E-state index contributed by atoms with van der Waals surface area (Å²) in [5.74, 6) is 0. The van der Waals surface area contributed by atoms with Gasteiger partial charge in [0.1, 0.15) is 0 Å². The molecule has 1 aliphatic carbocycles. The fourth-order valence-corrected chi connectivity index (χ4v) is 3.17. The van der Waals surface area contributed by atoms with Gasteiger partial charge >= 0.3 is 0 Å². The van der Waals surface area contributed by atoms with Crippen molar-refractivity contribution in [3.8, 4) is 0 Å². The fourth-order valence-electron chi connectivity index (χ4n) is 3.17. The van der Waals surface area contributed by atoms with Crippen LogP contribution in [-0.2, 0) is 0 Å². The third kappa shape index (κ3) is 5.41. The first-order valence-corrected chi connectivity index (χ1v) is 8.35. The Morgan fingerprint density at radius 1 is 1.16 bits per heavy atom. The van der Waals surface area contributed by atoms with Crippen LogP contribution in [0.4, 0.5) is 0 Å². The quantitative estimate of drug-likeness (QED) is 0.741. The normalized spacial score (nSPS) is 28.1. The van der Waals surface area contributed by atoms with Crippen molar-refractivity contribution in [1.82, 2.24) is 15.5 Å². The summed E-state index contributed by atoms with van der Waals surface area (Å²) in [5, 5.41) is 7.43. The van der Waals surface area contributed by atoms with Gasteiger partial charge in [-0.05, 0) is 59.5 Å². The number of nitrogens with one attached hydrogen (secondary N) is 2. The standard InChI is InChI=1S/C16H33N3/c1-13(11-15-7-5-4-6-10-17-15)18-12-14(2)19(3)16-8-9-16/h13-18H,4-12H2,1-3H3. The van der Waals surface area contributed by atoms with Gasteiger partial charge in [0.15, 0.2) is 0 Å². The van der Waals surface area contributed by atoms with E-state index in [1.807, 2.05) is 0 Å². The molecule has 2 N–H and O–H groups in total. The van der Waals surface area contributed by atoms with E-state index < -0.39 is 0 Å². The molecule has 112 valence electrons. The Kier molecular flexibility index (Phi) is 6.11. The Morgan fingerprint density at radius 2 is 1.95 bits per heavy atom. The van der Waals surface area contributed by atoms with Crippen LogP contribution in [0.3, 0.4) is 0 Å². The average molecular weight is 267 g/mol. The molecule has 2 aliphatic rings. The molecule has 0 amide bonds. The van der Waals surface area contributed by atoms with Crippen molar-refractivity contribution in [2.24, 2.45) is 0 Å². The lowest BCUT2D eigenvalue weighted by molar-refractivity contribution is 0.233. The molecule has 1 aliphatic heterocycles. The third-order valence-electron chi connectivity index (χ3n) is 4.88. The van der Waals surface area contributed by atoms with E-state index in [0.717, 1.165) is 18.6 Å². The first-order chi connectivity index (χ1) is 9.16. The number of likely N-dealkylation sites (N-methyl/N-ethyl adjacent to an activating group) is 1. The molecule has 3 unspecified atom stereocenters. The largest absolute Gasteiger partial charge is 0.314 e. The predicted octanol–water partition coefficient (Wildman–Crippen LogP) is 2.37. The zero-order chi connectivity index (χ0) is 13.7. The SMILES string of the molecule is CC(CC1CCCCCN1)NCC(C)N(C)C1CC1. The minimum Gasteiger partial charge on any atom is -0.314 e. The maximum absolute atomic E-state index is 3.73. The maximum atomic E-state index is 3.73. The van der Waals surface area contributed by atoms with Crippen molar-refractivity contribution in [3.63, 3.8) is 0 Å². The van der Waals surface area contributed by atoms with Gasteiger partial charge in [-0.25, -0.2) is 0 Å². The van der Waals surface area contributed by atoms with Crippen molar-refractivity contribution in [1.29, 1.82) is 0 Å². The summed E-state index contributed by atoms with van der Waals surface area (Å²) in [7, 11) is 2.28.